The topological polar surface area (TPSA) is 75.7 Å². The quantitative estimate of drug-likeness (QED) is 0.782. The summed E-state index contributed by atoms with van der Waals surface area (Å²) in [7, 11) is 0. The van der Waals surface area contributed by atoms with Gasteiger partial charge in [-0.25, -0.2) is 4.39 Å². The van der Waals surface area contributed by atoms with Crippen molar-refractivity contribution in [3.8, 4) is 0 Å². The van der Waals surface area contributed by atoms with E-state index in [0.29, 0.717) is 29.8 Å². The molecule has 1 unspecified atom stereocenters. The lowest BCUT2D eigenvalue weighted by Gasteiger charge is -2.39. The smallest absolute Gasteiger partial charge is 0.317 e. The largest absolute Gasteiger partial charge is 0.455 e. The van der Waals surface area contributed by atoms with E-state index in [9.17, 15) is 18.8 Å². The number of hydrogen-bond donors (Lipinski definition) is 1. The Morgan fingerprint density at radius 1 is 1.17 bits per heavy atom. The molecule has 7 heteroatoms. The number of esters is 1. The van der Waals surface area contributed by atoms with Crippen LogP contribution in [0.15, 0.2) is 48.5 Å². The Morgan fingerprint density at radius 2 is 1.87 bits per heavy atom. The molecule has 1 atom stereocenters. The van der Waals surface area contributed by atoms with E-state index in [2.05, 4.69) is 5.32 Å². The van der Waals surface area contributed by atoms with Crippen molar-refractivity contribution in [1.29, 1.82) is 0 Å². The number of rotatable bonds is 4. The fourth-order valence-corrected chi connectivity index (χ4v) is 4.21. The van der Waals surface area contributed by atoms with Crippen LogP contribution in [0.5, 0.6) is 0 Å². The van der Waals surface area contributed by atoms with Crippen molar-refractivity contribution in [3.05, 3.63) is 59.9 Å². The summed E-state index contributed by atoms with van der Waals surface area (Å²) in [4.78, 5) is 39.5. The van der Waals surface area contributed by atoms with Gasteiger partial charge >= 0.3 is 5.97 Å². The Balaban J connectivity index is 1.51. The highest BCUT2D eigenvalue weighted by Crippen LogP contribution is 2.45. The number of para-hydroxylation sites is 2. The van der Waals surface area contributed by atoms with Gasteiger partial charge in [-0.15, -0.1) is 0 Å². The molecule has 2 aromatic carbocycles. The highest BCUT2D eigenvalue weighted by molar-refractivity contribution is 6.05. The fraction of sp³-hybridized carbons (Fsp3) is 0.348. The molecule has 6 nitrogen and oxygen atoms in total. The summed E-state index contributed by atoms with van der Waals surface area (Å²) in [6.45, 7) is 1.36. The molecular formula is C23H23FN2O4. The molecule has 156 valence electrons. The van der Waals surface area contributed by atoms with Crippen molar-refractivity contribution < 1.29 is 23.5 Å². The van der Waals surface area contributed by atoms with E-state index in [1.165, 1.54) is 17.0 Å². The number of fused-ring (bicyclic) bond motifs is 1. The zero-order chi connectivity index (χ0) is 21.3. The van der Waals surface area contributed by atoms with Gasteiger partial charge in [0.2, 0.25) is 5.91 Å². The number of carbonyl (C=O) groups is 3. The second kappa shape index (κ2) is 7.89. The maximum absolute atomic E-state index is 13.3. The monoisotopic (exact) mass is 410 g/mol. The van der Waals surface area contributed by atoms with Crippen LogP contribution in [-0.2, 0) is 24.5 Å². The summed E-state index contributed by atoms with van der Waals surface area (Å²) in [5.41, 5.74) is 1.01. The summed E-state index contributed by atoms with van der Waals surface area (Å²) in [6, 6.07) is 12.5. The first-order valence-electron chi connectivity index (χ1n) is 10.0. The standard InChI is InChI=1S/C23H23FN2O4/c1-15-13-20(27)25-18-5-2-3-6-19(18)26(15)21(28)14-30-22(29)23(11-4-12-23)16-7-9-17(24)10-8-16/h2-3,5-10,15H,4,11-14H2,1H3,(H,25,27). The molecule has 0 bridgehead atoms. The van der Waals surface area contributed by atoms with Gasteiger partial charge in [-0.05, 0) is 49.6 Å². The Labute approximate surface area is 174 Å². The summed E-state index contributed by atoms with van der Waals surface area (Å²) in [5.74, 6) is -1.41. The maximum atomic E-state index is 13.3. The minimum absolute atomic E-state index is 0.147. The van der Waals surface area contributed by atoms with E-state index in [4.69, 9.17) is 4.74 Å². The Kier molecular flexibility index (Phi) is 5.28. The molecule has 1 aliphatic heterocycles. The molecule has 1 heterocycles. The number of carbonyl (C=O) groups excluding carboxylic acids is 3. The molecule has 2 amide bonds. The van der Waals surface area contributed by atoms with Crippen molar-refractivity contribution in [2.75, 3.05) is 16.8 Å². The molecule has 0 radical (unpaired) electrons. The Morgan fingerprint density at radius 3 is 2.53 bits per heavy atom. The van der Waals surface area contributed by atoms with Gasteiger partial charge in [0.05, 0.1) is 16.8 Å². The first-order chi connectivity index (χ1) is 14.4. The third kappa shape index (κ3) is 3.56. The zero-order valence-electron chi connectivity index (χ0n) is 16.7. The third-order valence-electron chi connectivity index (χ3n) is 5.95. The van der Waals surface area contributed by atoms with Gasteiger partial charge in [0.15, 0.2) is 6.61 Å². The minimum Gasteiger partial charge on any atom is -0.455 e. The van der Waals surface area contributed by atoms with Crippen LogP contribution in [0.1, 0.15) is 38.2 Å². The second-order valence-corrected chi connectivity index (χ2v) is 7.90. The van der Waals surface area contributed by atoms with Crippen molar-refractivity contribution in [3.63, 3.8) is 0 Å². The van der Waals surface area contributed by atoms with E-state index in [1.807, 2.05) is 0 Å². The van der Waals surface area contributed by atoms with E-state index in [1.54, 1.807) is 43.3 Å². The molecule has 1 aliphatic carbocycles. The van der Waals surface area contributed by atoms with Crippen LogP contribution in [0.3, 0.4) is 0 Å². The van der Waals surface area contributed by atoms with E-state index in [-0.39, 0.29) is 24.2 Å². The SMILES string of the molecule is CC1CC(=O)Nc2ccccc2N1C(=O)COC(=O)C1(c2ccc(F)cc2)CCC1. The lowest BCUT2D eigenvalue weighted by atomic mass is 9.64. The number of ether oxygens (including phenoxy) is 1. The lowest BCUT2D eigenvalue weighted by Crippen LogP contribution is -2.46. The number of hydrogen-bond acceptors (Lipinski definition) is 4. The normalized spacial score (nSPS) is 19.7. The van der Waals surface area contributed by atoms with Crippen molar-refractivity contribution >= 4 is 29.2 Å². The van der Waals surface area contributed by atoms with Gasteiger partial charge in [-0.2, -0.15) is 0 Å². The molecule has 30 heavy (non-hydrogen) atoms. The molecule has 0 aromatic heterocycles. The van der Waals surface area contributed by atoms with Gasteiger partial charge < -0.3 is 15.0 Å². The van der Waals surface area contributed by atoms with E-state index in [0.717, 1.165) is 6.42 Å². The lowest BCUT2D eigenvalue weighted by molar-refractivity contribution is -0.157. The van der Waals surface area contributed by atoms with Crippen LogP contribution in [0, 0.1) is 5.82 Å². The summed E-state index contributed by atoms with van der Waals surface area (Å²) in [6.07, 6.45) is 2.22. The molecule has 2 aromatic rings. The van der Waals surface area contributed by atoms with Crippen molar-refractivity contribution in [1.82, 2.24) is 0 Å². The second-order valence-electron chi connectivity index (χ2n) is 7.90. The van der Waals surface area contributed by atoms with Gasteiger partial charge in [-0.3, -0.25) is 14.4 Å². The number of benzene rings is 2. The number of nitrogens with zero attached hydrogens (tertiary/aromatic N) is 1. The molecule has 0 saturated heterocycles. The van der Waals surface area contributed by atoms with Gasteiger partial charge in [0, 0.05) is 12.5 Å². The van der Waals surface area contributed by atoms with E-state index < -0.39 is 23.9 Å². The van der Waals surface area contributed by atoms with Crippen molar-refractivity contribution in [2.24, 2.45) is 0 Å². The number of amides is 2. The average molecular weight is 410 g/mol. The van der Waals surface area contributed by atoms with Gasteiger partial charge in [0.25, 0.3) is 5.91 Å². The molecule has 1 saturated carbocycles. The van der Waals surface area contributed by atoms with Gasteiger partial charge in [-0.1, -0.05) is 30.7 Å². The van der Waals surface area contributed by atoms with Crippen LogP contribution in [-0.4, -0.2) is 30.4 Å². The predicted octanol–water partition coefficient (Wildman–Crippen LogP) is 3.55. The highest BCUT2D eigenvalue weighted by Gasteiger charge is 2.47. The van der Waals surface area contributed by atoms with Gasteiger partial charge in [0.1, 0.15) is 5.82 Å². The molecule has 0 spiro atoms. The molecule has 2 aliphatic rings. The summed E-state index contributed by atoms with van der Waals surface area (Å²) in [5, 5.41) is 2.80. The van der Waals surface area contributed by atoms with Crippen molar-refractivity contribution in [2.45, 2.75) is 44.1 Å². The summed E-state index contributed by atoms with van der Waals surface area (Å²) < 4.78 is 18.7. The molecule has 1 N–H and O–H groups in total. The predicted molar refractivity (Wildman–Crippen MR) is 110 cm³/mol. The Bertz CT molecular complexity index is 985. The number of halogens is 1. The Hall–Kier alpha value is -3.22. The molecular weight excluding hydrogens is 387 g/mol. The average Bonchev–Trinajstić information content (AvgIpc) is 2.81. The maximum Gasteiger partial charge on any atom is 0.317 e. The van der Waals surface area contributed by atoms with Crippen LogP contribution in [0.25, 0.3) is 0 Å². The van der Waals surface area contributed by atoms with E-state index >= 15 is 0 Å². The molecule has 1 fully saturated rings. The van der Waals surface area contributed by atoms with Crippen LogP contribution in [0.2, 0.25) is 0 Å². The number of anilines is 2. The van der Waals surface area contributed by atoms with Crippen LogP contribution < -0.4 is 10.2 Å². The summed E-state index contributed by atoms with van der Waals surface area (Å²) >= 11 is 0. The van der Waals surface area contributed by atoms with Crippen LogP contribution in [0.4, 0.5) is 15.8 Å². The third-order valence-corrected chi connectivity index (χ3v) is 5.95. The zero-order valence-corrected chi connectivity index (χ0v) is 16.7. The fourth-order valence-electron chi connectivity index (χ4n) is 4.21. The van der Waals surface area contributed by atoms with Crippen LogP contribution >= 0.6 is 0 Å². The highest BCUT2D eigenvalue weighted by atomic mass is 19.1. The minimum atomic E-state index is -0.826. The molecule has 4 rings (SSSR count). The number of nitrogens with one attached hydrogen (secondary N) is 1. The first kappa shape index (κ1) is 20.1. The first-order valence-corrected chi connectivity index (χ1v) is 10.0.